The zero-order valence-electron chi connectivity index (χ0n) is 16.2. The molecule has 5 nitrogen and oxygen atoms in total. The van der Waals surface area contributed by atoms with Gasteiger partial charge in [0.25, 0.3) is 0 Å². The number of aromatic nitrogens is 1. The van der Waals surface area contributed by atoms with Crippen LogP contribution in [0.2, 0.25) is 0 Å². The van der Waals surface area contributed by atoms with E-state index in [-0.39, 0.29) is 11.7 Å². The fourth-order valence-electron chi connectivity index (χ4n) is 4.80. The molecule has 1 aromatic heterocycles. The van der Waals surface area contributed by atoms with Crippen LogP contribution in [-0.2, 0) is 4.79 Å². The summed E-state index contributed by atoms with van der Waals surface area (Å²) < 4.78 is 2.34. The van der Waals surface area contributed by atoms with Crippen LogP contribution < -0.4 is 0 Å². The third-order valence-corrected chi connectivity index (χ3v) is 6.45. The minimum absolute atomic E-state index is 0.223. The summed E-state index contributed by atoms with van der Waals surface area (Å²) in [5.41, 5.74) is 3.23. The molecular formula is C21H31N3O2. The summed E-state index contributed by atoms with van der Waals surface area (Å²) >= 11 is 0. The van der Waals surface area contributed by atoms with Crippen molar-refractivity contribution in [2.45, 2.75) is 58.4 Å². The van der Waals surface area contributed by atoms with Gasteiger partial charge in [-0.05, 0) is 45.6 Å². The number of piperazine rings is 1. The number of hydrogen-bond donors (Lipinski definition) is 0. The Bertz CT molecular complexity index is 690. The highest BCUT2D eigenvalue weighted by Crippen LogP contribution is 2.38. The normalized spacial score (nSPS) is 22.2. The first-order chi connectivity index (χ1) is 12.5. The number of carbonyl (C=O) groups excluding carboxylic acids is 2. The summed E-state index contributed by atoms with van der Waals surface area (Å²) in [7, 11) is 0. The van der Waals surface area contributed by atoms with Gasteiger partial charge in [0, 0.05) is 55.1 Å². The monoisotopic (exact) mass is 357 g/mol. The van der Waals surface area contributed by atoms with E-state index in [0.717, 1.165) is 50.3 Å². The van der Waals surface area contributed by atoms with Gasteiger partial charge in [-0.15, -0.1) is 0 Å². The van der Waals surface area contributed by atoms with E-state index in [1.54, 1.807) is 0 Å². The third-order valence-electron chi connectivity index (χ3n) is 6.45. The van der Waals surface area contributed by atoms with Crippen LogP contribution >= 0.6 is 0 Å². The van der Waals surface area contributed by atoms with Crippen LogP contribution in [0, 0.1) is 19.8 Å². The Morgan fingerprint density at radius 2 is 1.65 bits per heavy atom. The van der Waals surface area contributed by atoms with E-state index in [1.807, 2.05) is 4.90 Å². The maximum Gasteiger partial charge on any atom is 0.225 e. The maximum atomic E-state index is 12.8. The Hall–Kier alpha value is -1.62. The summed E-state index contributed by atoms with van der Waals surface area (Å²) in [5.74, 6) is 0.832. The van der Waals surface area contributed by atoms with Gasteiger partial charge in [-0.2, -0.15) is 0 Å². The standard InChI is InChI=1S/C21H31N3O2/c1-15-13-19(16(2)24(15)18-7-8-18)20(25)14-22-9-11-23(12-10-22)21(26)17-5-3-4-6-17/h13,17-18H,3-12,14H2,1-2H3. The van der Waals surface area contributed by atoms with E-state index in [9.17, 15) is 9.59 Å². The molecule has 1 saturated heterocycles. The van der Waals surface area contributed by atoms with E-state index in [2.05, 4.69) is 29.4 Å². The molecule has 2 heterocycles. The highest BCUT2D eigenvalue weighted by Gasteiger charge is 2.31. The number of nitrogens with zero attached hydrogens (tertiary/aromatic N) is 3. The second-order valence-electron chi connectivity index (χ2n) is 8.39. The van der Waals surface area contributed by atoms with E-state index >= 15 is 0 Å². The first kappa shape index (κ1) is 17.8. The summed E-state index contributed by atoms with van der Waals surface area (Å²) in [4.78, 5) is 29.6. The molecule has 0 unspecified atom stereocenters. The second-order valence-corrected chi connectivity index (χ2v) is 8.39. The molecular weight excluding hydrogens is 326 g/mol. The van der Waals surface area contributed by atoms with Crippen LogP contribution in [-0.4, -0.2) is 58.8 Å². The van der Waals surface area contributed by atoms with E-state index in [4.69, 9.17) is 0 Å². The highest BCUT2D eigenvalue weighted by molar-refractivity contribution is 5.99. The number of carbonyl (C=O) groups is 2. The lowest BCUT2D eigenvalue weighted by molar-refractivity contribution is -0.137. The van der Waals surface area contributed by atoms with Crippen molar-refractivity contribution in [3.05, 3.63) is 23.0 Å². The van der Waals surface area contributed by atoms with E-state index in [1.165, 1.54) is 31.4 Å². The topological polar surface area (TPSA) is 45.6 Å². The molecule has 1 amide bonds. The molecule has 142 valence electrons. The molecule has 0 aromatic carbocycles. The third kappa shape index (κ3) is 3.46. The maximum absolute atomic E-state index is 12.8. The lowest BCUT2D eigenvalue weighted by atomic mass is 10.1. The zero-order chi connectivity index (χ0) is 18.3. The van der Waals surface area contributed by atoms with Crippen LogP contribution in [0.4, 0.5) is 0 Å². The molecule has 0 N–H and O–H groups in total. The number of rotatable bonds is 5. The molecule has 2 saturated carbocycles. The molecule has 2 aliphatic carbocycles. The molecule has 4 rings (SSSR count). The van der Waals surface area contributed by atoms with Gasteiger partial charge < -0.3 is 9.47 Å². The summed E-state index contributed by atoms with van der Waals surface area (Å²) in [6.07, 6.45) is 7.00. The van der Waals surface area contributed by atoms with Crippen LogP contribution in [0.1, 0.15) is 66.3 Å². The van der Waals surface area contributed by atoms with Crippen molar-refractivity contribution in [3.8, 4) is 0 Å². The summed E-state index contributed by atoms with van der Waals surface area (Å²) in [6, 6.07) is 2.68. The Kier molecular flexibility index (Phi) is 4.91. The molecule has 0 spiro atoms. The summed E-state index contributed by atoms with van der Waals surface area (Å²) in [6.45, 7) is 7.82. The van der Waals surface area contributed by atoms with E-state index < -0.39 is 0 Å². The minimum atomic E-state index is 0.223. The Morgan fingerprint density at radius 1 is 1.00 bits per heavy atom. The SMILES string of the molecule is Cc1cc(C(=O)CN2CCN(C(=O)C3CCCC3)CC2)c(C)n1C1CC1. The van der Waals surface area contributed by atoms with Gasteiger partial charge in [-0.1, -0.05) is 12.8 Å². The molecule has 5 heteroatoms. The minimum Gasteiger partial charge on any atom is -0.345 e. The Morgan fingerprint density at radius 3 is 2.27 bits per heavy atom. The molecule has 0 bridgehead atoms. The number of aryl methyl sites for hydroxylation is 1. The Labute approximate surface area is 156 Å². The summed E-state index contributed by atoms with van der Waals surface area (Å²) in [5, 5.41) is 0. The van der Waals surface area contributed by atoms with Gasteiger partial charge in [0.1, 0.15) is 0 Å². The van der Waals surface area contributed by atoms with Gasteiger partial charge in [0.2, 0.25) is 5.91 Å². The van der Waals surface area contributed by atoms with Crippen molar-refractivity contribution >= 4 is 11.7 Å². The lowest BCUT2D eigenvalue weighted by Gasteiger charge is -2.35. The Balaban J connectivity index is 1.32. The predicted octanol–water partition coefficient (Wildman–Crippen LogP) is 2.96. The van der Waals surface area contributed by atoms with Crippen molar-refractivity contribution in [1.82, 2.24) is 14.4 Å². The van der Waals surface area contributed by atoms with Crippen LogP contribution in [0.15, 0.2) is 6.07 Å². The predicted molar refractivity (Wildman–Crippen MR) is 101 cm³/mol. The van der Waals surface area contributed by atoms with E-state index in [0.29, 0.717) is 18.5 Å². The molecule has 0 atom stereocenters. The highest BCUT2D eigenvalue weighted by atomic mass is 16.2. The molecule has 1 aromatic rings. The van der Waals surface area contributed by atoms with Crippen molar-refractivity contribution in [1.29, 1.82) is 0 Å². The van der Waals surface area contributed by atoms with Crippen molar-refractivity contribution in [2.24, 2.45) is 5.92 Å². The molecule has 0 radical (unpaired) electrons. The van der Waals surface area contributed by atoms with Gasteiger partial charge >= 0.3 is 0 Å². The first-order valence-electron chi connectivity index (χ1n) is 10.3. The number of hydrogen-bond acceptors (Lipinski definition) is 3. The lowest BCUT2D eigenvalue weighted by Crippen LogP contribution is -2.51. The fourth-order valence-corrected chi connectivity index (χ4v) is 4.80. The smallest absolute Gasteiger partial charge is 0.225 e. The average Bonchev–Trinajstić information content (AvgIpc) is 3.20. The first-order valence-corrected chi connectivity index (χ1v) is 10.3. The molecule has 3 fully saturated rings. The average molecular weight is 357 g/mol. The van der Waals surface area contributed by atoms with Crippen molar-refractivity contribution < 1.29 is 9.59 Å². The molecule has 3 aliphatic rings. The van der Waals surface area contributed by atoms with Crippen molar-refractivity contribution in [3.63, 3.8) is 0 Å². The molecule has 1 aliphatic heterocycles. The second kappa shape index (κ2) is 7.18. The van der Waals surface area contributed by atoms with Crippen molar-refractivity contribution in [2.75, 3.05) is 32.7 Å². The number of amides is 1. The number of Topliss-reactive ketones (excluding diaryl/α,β-unsaturated/α-hetero) is 1. The van der Waals surface area contributed by atoms with Crippen LogP contribution in [0.25, 0.3) is 0 Å². The van der Waals surface area contributed by atoms with Crippen LogP contribution in [0.3, 0.4) is 0 Å². The van der Waals surface area contributed by atoms with Gasteiger partial charge in [0.15, 0.2) is 5.78 Å². The molecule has 26 heavy (non-hydrogen) atoms. The number of ketones is 1. The van der Waals surface area contributed by atoms with Gasteiger partial charge in [0.05, 0.1) is 6.54 Å². The quantitative estimate of drug-likeness (QED) is 0.761. The largest absolute Gasteiger partial charge is 0.345 e. The zero-order valence-corrected chi connectivity index (χ0v) is 16.2. The van der Waals surface area contributed by atoms with Crippen LogP contribution in [0.5, 0.6) is 0 Å². The van der Waals surface area contributed by atoms with Gasteiger partial charge in [-0.25, -0.2) is 0 Å². The fraction of sp³-hybridized carbons (Fsp3) is 0.714. The van der Waals surface area contributed by atoms with Gasteiger partial charge in [-0.3, -0.25) is 14.5 Å².